The van der Waals surface area contributed by atoms with Crippen molar-refractivity contribution < 1.29 is 4.79 Å². The number of urea groups is 1. The molecule has 8 nitrogen and oxygen atoms in total. The standard InChI is InChI=1S/C16H17N7OS/c1-10(2)7-11-8-18-14(19-9-11)20-15(24)21-16-23-22-13(25-16)12-3-5-17-6-4-12/h3-6,8-10H,7H2,1-2H3,(H2,18,19,20,21,23,24). The number of nitrogens with zero attached hydrogens (tertiary/aromatic N) is 5. The maximum atomic E-state index is 12.0. The molecule has 0 spiro atoms. The first-order valence-electron chi connectivity index (χ1n) is 7.73. The Balaban J connectivity index is 1.58. The minimum Gasteiger partial charge on any atom is -0.282 e. The van der Waals surface area contributed by atoms with Crippen molar-refractivity contribution in [1.82, 2.24) is 25.1 Å². The first-order chi connectivity index (χ1) is 12.1. The SMILES string of the molecule is CC(C)Cc1cnc(NC(=O)Nc2nnc(-c3ccncc3)s2)nc1. The Hall–Kier alpha value is -2.94. The van der Waals surface area contributed by atoms with E-state index in [9.17, 15) is 4.79 Å². The van der Waals surface area contributed by atoms with Crippen molar-refractivity contribution in [1.29, 1.82) is 0 Å². The average Bonchev–Trinajstić information content (AvgIpc) is 3.05. The third-order valence-corrected chi connectivity index (χ3v) is 4.04. The van der Waals surface area contributed by atoms with E-state index in [0.29, 0.717) is 16.1 Å². The molecule has 0 aliphatic heterocycles. The highest BCUT2D eigenvalue weighted by Gasteiger charge is 2.10. The van der Waals surface area contributed by atoms with Gasteiger partial charge in [-0.2, -0.15) is 0 Å². The van der Waals surface area contributed by atoms with Crippen LogP contribution in [0.25, 0.3) is 10.6 Å². The lowest BCUT2D eigenvalue weighted by Crippen LogP contribution is -2.20. The number of hydrogen-bond donors (Lipinski definition) is 2. The van der Waals surface area contributed by atoms with Gasteiger partial charge in [-0.3, -0.25) is 15.6 Å². The summed E-state index contributed by atoms with van der Waals surface area (Å²) in [4.78, 5) is 24.3. The van der Waals surface area contributed by atoms with Crippen molar-refractivity contribution in [2.45, 2.75) is 20.3 Å². The fourth-order valence-corrected chi connectivity index (χ4v) is 2.86. The van der Waals surface area contributed by atoms with Crippen LogP contribution in [-0.4, -0.2) is 31.2 Å². The van der Waals surface area contributed by atoms with Crippen molar-refractivity contribution in [2.24, 2.45) is 5.92 Å². The highest BCUT2D eigenvalue weighted by atomic mass is 32.1. The summed E-state index contributed by atoms with van der Waals surface area (Å²) in [6.07, 6.45) is 7.69. The third-order valence-electron chi connectivity index (χ3n) is 3.15. The van der Waals surface area contributed by atoms with Crippen LogP contribution in [0.5, 0.6) is 0 Å². The summed E-state index contributed by atoms with van der Waals surface area (Å²) < 4.78 is 0. The predicted octanol–water partition coefficient (Wildman–Crippen LogP) is 3.23. The normalized spacial score (nSPS) is 10.7. The molecule has 0 aromatic carbocycles. The molecular formula is C16H17N7OS. The zero-order valence-electron chi connectivity index (χ0n) is 13.8. The highest BCUT2D eigenvalue weighted by molar-refractivity contribution is 7.18. The molecular weight excluding hydrogens is 338 g/mol. The van der Waals surface area contributed by atoms with Gasteiger partial charge in [0.15, 0.2) is 0 Å². The van der Waals surface area contributed by atoms with E-state index < -0.39 is 6.03 Å². The molecule has 3 heterocycles. The predicted molar refractivity (Wildman–Crippen MR) is 96.4 cm³/mol. The van der Waals surface area contributed by atoms with Gasteiger partial charge < -0.3 is 0 Å². The molecule has 0 saturated heterocycles. The van der Waals surface area contributed by atoms with Crippen LogP contribution in [-0.2, 0) is 6.42 Å². The Morgan fingerprint density at radius 2 is 1.84 bits per heavy atom. The van der Waals surface area contributed by atoms with Crippen LogP contribution in [0.2, 0.25) is 0 Å². The maximum Gasteiger partial charge on any atom is 0.327 e. The minimum absolute atomic E-state index is 0.240. The largest absolute Gasteiger partial charge is 0.327 e. The first kappa shape index (κ1) is 16.9. The molecule has 3 aromatic heterocycles. The smallest absolute Gasteiger partial charge is 0.282 e. The third kappa shape index (κ3) is 4.77. The number of hydrogen-bond acceptors (Lipinski definition) is 7. The Morgan fingerprint density at radius 1 is 1.12 bits per heavy atom. The lowest BCUT2D eigenvalue weighted by molar-refractivity contribution is 0.262. The number of amides is 2. The zero-order chi connectivity index (χ0) is 17.6. The van der Waals surface area contributed by atoms with E-state index >= 15 is 0 Å². The summed E-state index contributed by atoms with van der Waals surface area (Å²) in [5.74, 6) is 0.765. The van der Waals surface area contributed by atoms with Crippen LogP contribution < -0.4 is 10.6 Å². The van der Waals surface area contributed by atoms with Crippen LogP contribution in [0, 0.1) is 5.92 Å². The van der Waals surface area contributed by atoms with Crippen molar-refractivity contribution >= 4 is 28.4 Å². The zero-order valence-corrected chi connectivity index (χ0v) is 14.6. The quantitative estimate of drug-likeness (QED) is 0.728. The molecule has 0 aliphatic rings. The molecule has 25 heavy (non-hydrogen) atoms. The van der Waals surface area contributed by atoms with Crippen LogP contribution in [0.15, 0.2) is 36.9 Å². The fraction of sp³-hybridized carbons (Fsp3) is 0.250. The van der Waals surface area contributed by atoms with E-state index in [4.69, 9.17) is 0 Å². The van der Waals surface area contributed by atoms with Gasteiger partial charge in [-0.15, -0.1) is 10.2 Å². The number of nitrogens with one attached hydrogen (secondary N) is 2. The number of carbonyl (C=O) groups is 1. The highest BCUT2D eigenvalue weighted by Crippen LogP contribution is 2.25. The number of anilines is 2. The van der Waals surface area contributed by atoms with Gasteiger partial charge in [-0.05, 0) is 30.0 Å². The molecule has 3 aromatic rings. The Labute approximate surface area is 148 Å². The molecule has 2 N–H and O–H groups in total. The lowest BCUT2D eigenvalue weighted by Gasteiger charge is -2.06. The van der Waals surface area contributed by atoms with Gasteiger partial charge in [-0.25, -0.2) is 14.8 Å². The average molecular weight is 355 g/mol. The van der Waals surface area contributed by atoms with E-state index in [2.05, 4.69) is 49.6 Å². The van der Waals surface area contributed by atoms with Crippen LogP contribution >= 0.6 is 11.3 Å². The molecule has 0 fully saturated rings. The second kappa shape index (κ2) is 7.75. The van der Waals surface area contributed by atoms with Gasteiger partial charge in [0, 0.05) is 30.4 Å². The van der Waals surface area contributed by atoms with E-state index in [1.54, 1.807) is 24.8 Å². The van der Waals surface area contributed by atoms with Gasteiger partial charge in [0.2, 0.25) is 11.1 Å². The van der Waals surface area contributed by atoms with Crippen molar-refractivity contribution in [3.8, 4) is 10.6 Å². The van der Waals surface area contributed by atoms with Gasteiger partial charge >= 0.3 is 6.03 Å². The fourth-order valence-electron chi connectivity index (χ4n) is 2.11. The molecule has 0 aliphatic carbocycles. The molecule has 0 bridgehead atoms. The number of carbonyl (C=O) groups excluding carboxylic acids is 1. The van der Waals surface area contributed by atoms with Crippen LogP contribution in [0.4, 0.5) is 15.9 Å². The Bertz CT molecular complexity index is 833. The van der Waals surface area contributed by atoms with Crippen molar-refractivity contribution in [3.05, 3.63) is 42.5 Å². The van der Waals surface area contributed by atoms with E-state index in [1.807, 2.05) is 12.1 Å². The van der Waals surface area contributed by atoms with E-state index in [-0.39, 0.29) is 5.95 Å². The molecule has 0 atom stereocenters. The summed E-state index contributed by atoms with van der Waals surface area (Å²) >= 11 is 1.27. The number of aromatic nitrogens is 5. The summed E-state index contributed by atoms with van der Waals surface area (Å²) in [6, 6.07) is 3.20. The van der Waals surface area contributed by atoms with E-state index in [0.717, 1.165) is 17.5 Å². The van der Waals surface area contributed by atoms with Crippen LogP contribution in [0.1, 0.15) is 19.4 Å². The summed E-state index contributed by atoms with van der Waals surface area (Å²) in [6.45, 7) is 4.25. The number of rotatable bonds is 5. The molecule has 0 unspecified atom stereocenters. The van der Waals surface area contributed by atoms with Crippen molar-refractivity contribution in [2.75, 3.05) is 10.6 Å². The summed E-state index contributed by atoms with van der Waals surface area (Å²) in [5, 5.41) is 14.3. The number of pyridine rings is 1. The van der Waals surface area contributed by atoms with Gasteiger partial charge in [-0.1, -0.05) is 25.2 Å². The summed E-state index contributed by atoms with van der Waals surface area (Å²) in [7, 11) is 0. The summed E-state index contributed by atoms with van der Waals surface area (Å²) in [5.41, 5.74) is 1.93. The van der Waals surface area contributed by atoms with Gasteiger partial charge in [0.1, 0.15) is 5.01 Å². The van der Waals surface area contributed by atoms with E-state index in [1.165, 1.54) is 11.3 Å². The Kier molecular flexibility index (Phi) is 5.24. The minimum atomic E-state index is -0.464. The van der Waals surface area contributed by atoms with Crippen molar-refractivity contribution in [3.63, 3.8) is 0 Å². The van der Waals surface area contributed by atoms with Gasteiger partial charge in [0.25, 0.3) is 0 Å². The molecule has 0 saturated carbocycles. The lowest BCUT2D eigenvalue weighted by atomic mass is 10.1. The molecule has 3 rings (SSSR count). The molecule has 9 heteroatoms. The molecule has 0 radical (unpaired) electrons. The van der Waals surface area contributed by atoms with Crippen LogP contribution in [0.3, 0.4) is 0 Å². The van der Waals surface area contributed by atoms with Gasteiger partial charge in [0.05, 0.1) is 0 Å². The maximum absolute atomic E-state index is 12.0. The monoisotopic (exact) mass is 355 g/mol. The second-order valence-electron chi connectivity index (χ2n) is 5.74. The Morgan fingerprint density at radius 3 is 2.52 bits per heavy atom. The topological polar surface area (TPSA) is 106 Å². The molecule has 128 valence electrons. The first-order valence-corrected chi connectivity index (χ1v) is 8.54. The second-order valence-corrected chi connectivity index (χ2v) is 6.72. The molecule has 2 amide bonds.